The van der Waals surface area contributed by atoms with Crippen LogP contribution in [0.2, 0.25) is 0 Å². The zero-order chi connectivity index (χ0) is 18.5. The van der Waals surface area contributed by atoms with Crippen LogP contribution >= 0.6 is 0 Å². The van der Waals surface area contributed by atoms with Gasteiger partial charge in [0, 0.05) is 35.7 Å². The van der Waals surface area contributed by atoms with Crippen LogP contribution in [0.15, 0.2) is 64.4 Å². The maximum Gasteiger partial charge on any atom is 0.271 e. The summed E-state index contributed by atoms with van der Waals surface area (Å²) < 4.78 is 5.64. The number of amides is 1. The number of hydrazone groups is 1. The third-order valence-electron chi connectivity index (χ3n) is 3.62. The van der Waals surface area contributed by atoms with Crippen LogP contribution in [0.1, 0.15) is 21.7 Å². The second-order valence-corrected chi connectivity index (χ2v) is 5.39. The van der Waals surface area contributed by atoms with Crippen molar-refractivity contribution in [2.75, 3.05) is 0 Å². The molecular formula is C18H14N4O4. The number of hydrogen-bond donors (Lipinski definition) is 1. The van der Waals surface area contributed by atoms with Crippen LogP contribution in [0.4, 0.5) is 5.69 Å². The van der Waals surface area contributed by atoms with E-state index < -0.39 is 4.92 Å². The van der Waals surface area contributed by atoms with E-state index in [4.69, 9.17) is 4.42 Å². The lowest BCUT2D eigenvalue weighted by atomic mass is 10.1. The Bertz CT molecular complexity index is 980. The van der Waals surface area contributed by atoms with Crippen molar-refractivity contribution in [3.8, 4) is 11.3 Å². The molecule has 130 valence electrons. The summed E-state index contributed by atoms with van der Waals surface area (Å²) in [7, 11) is 0. The molecule has 0 aliphatic carbocycles. The number of rotatable bonds is 5. The van der Waals surface area contributed by atoms with Gasteiger partial charge in [-0.1, -0.05) is 6.07 Å². The van der Waals surface area contributed by atoms with E-state index in [1.165, 1.54) is 30.7 Å². The van der Waals surface area contributed by atoms with E-state index in [2.05, 4.69) is 15.5 Å². The number of nitrogens with zero attached hydrogens (tertiary/aromatic N) is 3. The van der Waals surface area contributed by atoms with Crippen LogP contribution in [0.25, 0.3) is 11.3 Å². The molecule has 26 heavy (non-hydrogen) atoms. The van der Waals surface area contributed by atoms with Crippen molar-refractivity contribution < 1.29 is 14.1 Å². The van der Waals surface area contributed by atoms with E-state index in [0.717, 1.165) is 5.56 Å². The van der Waals surface area contributed by atoms with Gasteiger partial charge < -0.3 is 4.42 Å². The third-order valence-corrected chi connectivity index (χ3v) is 3.62. The fourth-order valence-electron chi connectivity index (χ4n) is 2.28. The smallest absolute Gasteiger partial charge is 0.271 e. The molecule has 0 aliphatic rings. The summed E-state index contributed by atoms with van der Waals surface area (Å²) in [4.78, 5) is 26.2. The van der Waals surface area contributed by atoms with Gasteiger partial charge in [0.2, 0.25) is 0 Å². The van der Waals surface area contributed by atoms with Crippen LogP contribution in [0.5, 0.6) is 0 Å². The molecule has 0 radical (unpaired) electrons. The van der Waals surface area contributed by atoms with Crippen LogP contribution in [-0.2, 0) is 0 Å². The first kappa shape index (κ1) is 17.0. The summed E-state index contributed by atoms with van der Waals surface area (Å²) in [6, 6.07) is 11.1. The van der Waals surface area contributed by atoms with Crippen molar-refractivity contribution >= 4 is 17.8 Å². The first-order valence-corrected chi connectivity index (χ1v) is 7.63. The lowest BCUT2D eigenvalue weighted by molar-refractivity contribution is -0.384. The van der Waals surface area contributed by atoms with Gasteiger partial charge in [0.15, 0.2) is 0 Å². The van der Waals surface area contributed by atoms with E-state index in [9.17, 15) is 14.9 Å². The summed E-state index contributed by atoms with van der Waals surface area (Å²) in [5.74, 6) is 0.513. The largest absolute Gasteiger partial charge is 0.455 e. The van der Waals surface area contributed by atoms with Crippen molar-refractivity contribution in [2.45, 2.75) is 6.92 Å². The van der Waals surface area contributed by atoms with Crippen LogP contribution in [0, 0.1) is 17.0 Å². The number of nitro benzene ring substituents is 1. The van der Waals surface area contributed by atoms with Gasteiger partial charge in [-0.2, -0.15) is 5.10 Å². The highest BCUT2D eigenvalue weighted by Crippen LogP contribution is 2.28. The first-order valence-electron chi connectivity index (χ1n) is 7.63. The molecule has 3 rings (SSSR count). The van der Waals surface area contributed by atoms with Crippen LogP contribution in [-0.4, -0.2) is 22.0 Å². The number of hydrogen-bond acceptors (Lipinski definition) is 6. The fourth-order valence-corrected chi connectivity index (χ4v) is 2.28. The Balaban J connectivity index is 1.73. The molecule has 0 saturated heterocycles. The Morgan fingerprint density at radius 1 is 1.23 bits per heavy atom. The number of aromatic nitrogens is 1. The SMILES string of the molecule is Cc1ccc([N+](=O)[O-])cc1-c1ccc(/C=N\NC(=O)c2ccncc2)o1. The predicted molar refractivity (Wildman–Crippen MR) is 94.8 cm³/mol. The van der Waals surface area contributed by atoms with E-state index >= 15 is 0 Å². The highest BCUT2D eigenvalue weighted by Gasteiger charge is 2.13. The number of nitrogens with one attached hydrogen (secondary N) is 1. The Kier molecular flexibility index (Phi) is 4.84. The highest BCUT2D eigenvalue weighted by atomic mass is 16.6. The maximum atomic E-state index is 11.9. The molecule has 2 heterocycles. The summed E-state index contributed by atoms with van der Waals surface area (Å²) in [5.41, 5.74) is 4.28. The predicted octanol–water partition coefficient (Wildman–Crippen LogP) is 3.32. The van der Waals surface area contributed by atoms with Crippen molar-refractivity contribution in [1.82, 2.24) is 10.4 Å². The van der Waals surface area contributed by atoms with Crippen molar-refractivity contribution in [3.63, 3.8) is 0 Å². The fraction of sp³-hybridized carbons (Fsp3) is 0.0556. The normalized spacial score (nSPS) is 10.8. The minimum absolute atomic E-state index is 0.0122. The average Bonchev–Trinajstić information content (AvgIpc) is 3.11. The molecule has 0 atom stereocenters. The number of benzene rings is 1. The van der Waals surface area contributed by atoms with Gasteiger partial charge in [0.05, 0.1) is 11.1 Å². The zero-order valence-corrected chi connectivity index (χ0v) is 13.7. The summed E-state index contributed by atoms with van der Waals surface area (Å²) in [5, 5.41) is 14.8. The number of carbonyl (C=O) groups is 1. The zero-order valence-electron chi connectivity index (χ0n) is 13.7. The average molecular weight is 350 g/mol. The van der Waals surface area contributed by atoms with Crippen molar-refractivity contribution in [3.05, 3.63) is 81.9 Å². The second-order valence-electron chi connectivity index (χ2n) is 5.39. The lowest BCUT2D eigenvalue weighted by Crippen LogP contribution is -2.17. The minimum Gasteiger partial charge on any atom is -0.455 e. The van der Waals surface area contributed by atoms with E-state index in [1.54, 1.807) is 30.3 Å². The molecule has 0 fully saturated rings. The maximum absolute atomic E-state index is 11.9. The number of pyridine rings is 1. The minimum atomic E-state index is -0.455. The molecule has 0 bridgehead atoms. The van der Waals surface area contributed by atoms with Gasteiger partial charge in [-0.15, -0.1) is 0 Å². The number of aryl methyl sites for hydroxylation is 1. The van der Waals surface area contributed by atoms with Gasteiger partial charge in [0.25, 0.3) is 11.6 Å². The molecule has 2 aromatic heterocycles. The summed E-state index contributed by atoms with van der Waals surface area (Å²) in [6.07, 6.45) is 4.38. The van der Waals surface area contributed by atoms with Crippen molar-refractivity contribution in [1.29, 1.82) is 0 Å². The summed E-state index contributed by atoms with van der Waals surface area (Å²) in [6.45, 7) is 1.84. The standard InChI is InChI=1S/C18H14N4O4/c1-12-2-3-14(22(24)25)10-16(12)17-5-4-15(26-17)11-20-21-18(23)13-6-8-19-9-7-13/h2-11H,1H3,(H,21,23)/b20-11-. The number of nitro groups is 1. The van der Waals surface area contributed by atoms with Gasteiger partial charge >= 0.3 is 0 Å². The Morgan fingerprint density at radius 2 is 2.00 bits per heavy atom. The lowest BCUT2D eigenvalue weighted by Gasteiger charge is -2.02. The molecule has 0 aliphatic heterocycles. The molecule has 0 unspecified atom stereocenters. The molecule has 8 nitrogen and oxygen atoms in total. The van der Waals surface area contributed by atoms with E-state index in [1.807, 2.05) is 6.92 Å². The first-order chi connectivity index (χ1) is 12.5. The van der Waals surface area contributed by atoms with Gasteiger partial charge in [-0.25, -0.2) is 5.43 Å². The van der Waals surface area contributed by atoms with Gasteiger partial charge in [-0.05, 0) is 36.8 Å². The number of non-ortho nitro benzene ring substituents is 1. The van der Waals surface area contributed by atoms with Crippen LogP contribution < -0.4 is 5.43 Å². The third kappa shape index (κ3) is 3.81. The Labute approximate surface area is 148 Å². The van der Waals surface area contributed by atoms with Gasteiger partial charge in [0.1, 0.15) is 11.5 Å². The second kappa shape index (κ2) is 7.39. The highest BCUT2D eigenvalue weighted by molar-refractivity contribution is 5.94. The molecule has 1 N–H and O–H groups in total. The molecule has 0 spiro atoms. The monoisotopic (exact) mass is 350 g/mol. The van der Waals surface area contributed by atoms with Crippen LogP contribution in [0.3, 0.4) is 0 Å². The van der Waals surface area contributed by atoms with Crippen molar-refractivity contribution in [2.24, 2.45) is 5.10 Å². The molecule has 3 aromatic rings. The topological polar surface area (TPSA) is 111 Å². The molecular weight excluding hydrogens is 336 g/mol. The van der Waals surface area contributed by atoms with E-state index in [0.29, 0.717) is 22.6 Å². The molecule has 1 amide bonds. The molecule has 8 heteroatoms. The van der Waals surface area contributed by atoms with Gasteiger partial charge in [-0.3, -0.25) is 19.9 Å². The van der Waals surface area contributed by atoms with E-state index in [-0.39, 0.29) is 11.6 Å². The number of carbonyl (C=O) groups excluding carboxylic acids is 1. The molecule has 0 saturated carbocycles. The summed E-state index contributed by atoms with van der Waals surface area (Å²) >= 11 is 0. The molecule has 1 aromatic carbocycles. The Morgan fingerprint density at radius 3 is 2.73 bits per heavy atom. The Hall–Kier alpha value is -3.81. The quantitative estimate of drug-likeness (QED) is 0.431. The number of furan rings is 1.